The molecule has 0 aliphatic heterocycles. The maximum atomic E-state index is 12.1. The van der Waals surface area contributed by atoms with Crippen molar-refractivity contribution in [3.63, 3.8) is 0 Å². The van der Waals surface area contributed by atoms with Crippen LogP contribution in [-0.4, -0.2) is 41.1 Å². The first-order chi connectivity index (χ1) is 14.0. The molecule has 0 saturated carbocycles. The van der Waals surface area contributed by atoms with Crippen LogP contribution in [0.5, 0.6) is 5.88 Å². The van der Waals surface area contributed by atoms with Gasteiger partial charge in [0, 0.05) is 18.1 Å². The number of carbonyl (C=O) groups is 1. The highest BCUT2D eigenvalue weighted by atomic mass is 32.2. The van der Waals surface area contributed by atoms with Gasteiger partial charge in [-0.2, -0.15) is 0 Å². The van der Waals surface area contributed by atoms with E-state index in [9.17, 15) is 4.79 Å². The molecule has 1 aromatic heterocycles. The van der Waals surface area contributed by atoms with Crippen LogP contribution in [0.2, 0.25) is 0 Å². The fourth-order valence-corrected chi connectivity index (χ4v) is 3.80. The van der Waals surface area contributed by atoms with Crippen molar-refractivity contribution >= 4 is 17.7 Å². The minimum absolute atomic E-state index is 0.0364. The van der Waals surface area contributed by atoms with E-state index in [1.165, 1.54) is 12.8 Å². The van der Waals surface area contributed by atoms with Crippen molar-refractivity contribution in [1.82, 2.24) is 4.98 Å². The summed E-state index contributed by atoms with van der Waals surface area (Å²) in [6.45, 7) is 9.05. The zero-order chi connectivity index (χ0) is 21.5. The van der Waals surface area contributed by atoms with E-state index >= 15 is 0 Å². The van der Waals surface area contributed by atoms with Crippen LogP contribution in [0.4, 0.5) is 0 Å². The molecule has 1 aromatic rings. The number of unbranched alkanes of at least 4 members (excludes halogenated alkanes) is 2. The lowest BCUT2D eigenvalue weighted by Gasteiger charge is -2.17. The molecule has 0 amide bonds. The second-order valence-corrected chi connectivity index (χ2v) is 8.74. The Bertz CT molecular complexity index is 582. The van der Waals surface area contributed by atoms with Gasteiger partial charge >= 0.3 is 5.97 Å². The molecule has 6 heteroatoms. The maximum absolute atomic E-state index is 12.1. The minimum atomic E-state index is -0.132. The van der Waals surface area contributed by atoms with E-state index in [2.05, 4.69) is 18.8 Å². The number of esters is 1. The van der Waals surface area contributed by atoms with Crippen molar-refractivity contribution in [2.75, 3.05) is 19.0 Å². The Morgan fingerprint density at radius 3 is 2.69 bits per heavy atom. The van der Waals surface area contributed by atoms with Gasteiger partial charge in [-0.3, -0.25) is 4.79 Å². The van der Waals surface area contributed by atoms with Gasteiger partial charge in [0.2, 0.25) is 5.88 Å². The van der Waals surface area contributed by atoms with Gasteiger partial charge in [0.15, 0.2) is 0 Å². The Morgan fingerprint density at radius 2 is 2.00 bits per heavy atom. The summed E-state index contributed by atoms with van der Waals surface area (Å²) < 4.78 is 11.5. The van der Waals surface area contributed by atoms with E-state index in [4.69, 9.17) is 14.6 Å². The lowest BCUT2D eigenvalue weighted by atomic mass is 10.0. The number of aliphatic hydroxyl groups is 1. The molecular weight excluding hydrogens is 386 g/mol. The number of nitrogens with zero attached hydrogens (tertiary/aromatic N) is 1. The van der Waals surface area contributed by atoms with Crippen LogP contribution in [0.15, 0.2) is 17.0 Å². The van der Waals surface area contributed by atoms with Crippen LogP contribution in [0.3, 0.4) is 0 Å². The SMILES string of the molecule is CCCCC(CC)COC(=O)CCSc1ccc(C)nc1O[C@H](C)CCCCO. The third-order valence-electron chi connectivity index (χ3n) is 4.88. The highest BCUT2D eigenvalue weighted by Gasteiger charge is 2.13. The molecule has 0 bridgehead atoms. The van der Waals surface area contributed by atoms with Crippen molar-refractivity contribution < 1.29 is 19.4 Å². The fourth-order valence-electron chi connectivity index (χ4n) is 2.93. The summed E-state index contributed by atoms with van der Waals surface area (Å²) in [4.78, 5) is 17.6. The molecule has 1 heterocycles. The topological polar surface area (TPSA) is 68.7 Å². The summed E-state index contributed by atoms with van der Waals surface area (Å²) in [7, 11) is 0. The minimum Gasteiger partial charge on any atom is -0.474 e. The van der Waals surface area contributed by atoms with E-state index in [-0.39, 0.29) is 18.7 Å². The molecule has 0 aliphatic rings. The van der Waals surface area contributed by atoms with Gasteiger partial charge in [0.05, 0.1) is 24.0 Å². The number of carbonyl (C=O) groups excluding carboxylic acids is 1. The van der Waals surface area contributed by atoms with Crippen molar-refractivity contribution in [1.29, 1.82) is 0 Å². The van der Waals surface area contributed by atoms with Crippen molar-refractivity contribution in [2.45, 2.75) is 90.1 Å². The monoisotopic (exact) mass is 425 g/mol. The number of thioether (sulfide) groups is 1. The second kappa shape index (κ2) is 15.6. The lowest BCUT2D eigenvalue weighted by Crippen LogP contribution is -2.14. The molecule has 166 valence electrons. The smallest absolute Gasteiger partial charge is 0.306 e. The summed E-state index contributed by atoms with van der Waals surface area (Å²) in [6.07, 6.45) is 7.55. The molecule has 29 heavy (non-hydrogen) atoms. The van der Waals surface area contributed by atoms with Crippen molar-refractivity contribution in [3.8, 4) is 5.88 Å². The lowest BCUT2D eigenvalue weighted by molar-refractivity contribution is -0.144. The second-order valence-electron chi connectivity index (χ2n) is 7.60. The molecule has 5 nitrogen and oxygen atoms in total. The van der Waals surface area contributed by atoms with Gasteiger partial charge in [-0.1, -0.05) is 33.1 Å². The molecule has 0 fully saturated rings. The average molecular weight is 426 g/mol. The first-order valence-electron chi connectivity index (χ1n) is 11.0. The van der Waals surface area contributed by atoms with Crippen LogP contribution >= 0.6 is 11.8 Å². The Hall–Kier alpha value is -1.27. The normalized spacial score (nSPS) is 13.1. The number of hydrogen-bond acceptors (Lipinski definition) is 6. The molecular formula is C23H39NO4S. The zero-order valence-electron chi connectivity index (χ0n) is 18.6. The van der Waals surface area contributed by atoms with Gasteiger partial charge in [-0.15, -0.1) is 11.8 Å². The van der Waals surface area contributed by atoms with E-state index < -0.39 is 0 Å². The molecule has 1 rings (SSSR count). The molecule has 0 saturated heterocycles. The quantitative estimate of drug-likeness (QED) is 0.212. The summed E-state index contributed by atoms with van der Waals surface area (Å²) in [5, 5.41) is 8.92. The van der Waals surface area contributed by atoms with Crippen LogP contribution in [0, 0.1) is 12.8 Å². The molecule has 1 unspecified atom stereocenters. The van der Waals surface area contributed by atoms with Crippen LogP contribution in [0.1, 0.15) is 77.8 Å². The number of rotatable bonds is 16. The Balaban J connectivity index is 2.45. The van der Waals surface area contributed by atoms with Gasteiger partial charge in [0.1, 0.15) is 0 Å². The molecule has 2 atom stereocenters. The predicted molar refractivity (Wildman–Crippen MR) is 120 cm³/mol. The van der Waals surface area contributed by atoms with Crippen LogP contribution in [0.25, 0.3) is 0 Å². The van der Waals surface area contributed by atoms with E-state index in [0.717, 1.165) is 42.7 Å². The van der Waals surface area contributed by atoms with Crippen molar-refractivity contribution in [3.05, 3.63) is 17.8 Å². The fraction of sp³-hybridized carbons (Fsp3) is 0.739. The first-order valence-corrected chi connectivity index (χ1v) is 12.0. The van der Waals surface area contributed by atoms with Crippen molar-refractivity contribution in [2.24, 2.45) is 5.92 Å². The predicted octanol–water partition coefficient (Wildman–Crippen LogP) is 5.56. The van der Waals surface area contributed by atoms with E-state index in [1.807, 2.05) is 26.0 Å². The number of aliphatic hydroxyl groups excluding tert-OH is 1. The number of pyridine rings is 1. The molecule has 1 N–H and O–H groups in total. The molecule has 0 aromatic carbocycles. The van der Waals surface area contributed by atoms with Gasteiger partial charge < -0.3 is 14.6 Å². The Labute approximate surface area is 181 Å². The van der Waals surface area contributed by atoms with Gasteiger partial charge in [0.25, 0.3) is 0 Å². The van der Waals surface area contributed by atoms with Crippen LogP contribution < -0.4 is 4.74 Å². The van der Waals surface area contributed by atoms with E-state index in [0.29, 0.717) is 30.6 Å². The molecule has 0 aliphatic carbocycles. The highest BCUT2D eigenvalue weighted by molar-refractivity contribution is 7.99. The third kappa shape index (κ3) is 11.5. The molecule has 0 radical (unpaired) electrons. The zero-order valence-corrected chi connectivity index (χ0v) is 19.4. The third-order valence-corrected chi connectivity index (χ3v) is 5.91. The summed E-state index contributed by atoms with van der Waals surface area (Å²) in [5.74, 6) is 1.61. The summed E-state index contributed by atoms with van der Waals surface area (Å²) >= 11 is 1.58. The number of hydrogen-bond donors (Lipinski definition) is 1. The van der Waals surface area contributed by atoms with E-state index in [1.54, 1.807) is 11.8 Å². The standard InChI is InChI=1S/C23H39NO4S/c1-5-7-11-20(6-2)17-27-22(26)14-16-29-21-13-12-18(3)24-23(21)28-19(4)10-8-9-15-25/h12-13,19-20,25H,5-11,14-17H2,1-4H3/t19-,20?/m1/s1. The Morgan fingerprint density at radius 1 is 1.21 bits per heavy atom. The molecule has 0 spiro atoms. The average Bonchev–Trinajstić information content (AvgIpc) is 2.70. The first kappa shape index (κ1) is 25.8. The largest absolute Gasteiger partial charge is 0.474 e. The Kier molecular flexibility index (Phi) is 13.8. The van der Waals surface area contributed by atoms with Crippen LogP contribution in [-0.2, 0) is 9.53 Å². The summed E-state index contributed by atoms with van der Waals surface area (Å²) in [5.41, 5.74) is 0.906. The highest BCUT2D eigenvalue weighted by Crippen LogP contribution is 2.29. The number of ether oxygens (including phenoxy) is 2. The summed E-state index contributed by atoms with van der Waals surface area (Å²) in [6, 6.07) is 3.97. The van der Waals surface area contributed by atoms with Gasteiger partial charge in [-0.05, 0) is 57.6 Å². The number of aryl methyl sites for hydroxylation is 1. The number of aromatic nitrogens is 1. The van der Waals surface area contributed by atoms with Gasteiger partial charge in [-0.25, -0.2) is 4.98 Å². The maximum Gasteiger partial charge on any atom is 0.306 e.